The van der Waals surface area contributed by atoms with Crippen molar-refractivity contribution in [1.82, 2.24) is 19.7 Å². The van der Waals surface area contributed by atoms with Crippen LogP contribution >= 0.6 is 11.6 Å². The molecule has 1 aliphatic heterocycles. The molecule has 0 saturated heterocycles. The normalized spacial score (nSPS) is 13.0. The lowest BCUT2D eigenvalue weighted by atomic mass is 10.1. The number of aromatic nitrogens is 3. The monoisotopic (exact) mass is 383 g/mol. The van der Waals surface area contributed by atoms with E-state index in [1.807, 2.05) is 0 Å². The van der Waals surface area contributed by atoms with Gasteiger partial charge in [0.05, 0.1) is 38.9 Å². The minimum absolute atomic E-state index is 0.0131. The molecule has 9 heteroatoms. The molecular formula is C18H14ClN5O3. The Morgan fingerprint density at radius 3 is 2.37 bits per heavy atom. The molecule has 2 amide bonds. The predicted molar refractivity (Wildman–Crippen MR) is 99.9 cm³/mol. The highest BCUT2D eigenvalue weighted by atomic mass is 35.5. The third-order valence-electron chi connectivity index (χ3n) is 4.51. The number of hydrogen-bond acceptors (Lipinski definition) is 5. The first kappa shape index (κ1) is 17.0. The standard InChI is InChI=1S/C18H14ClN5O3/c1-8-15(19)9(2)24(22-8)12-6-4-3-5-11(12)23-13(25)7-10-14(16(23)20)18(27)21-17(10)26/h3-7H,20H2,1-2H3,(H,21,26,27). The molecule has 0 spiro atoms. The van der Waals surface area contributed by atoms with Gasteiger partial charge in [-0.05, 0) is 26.0 Å². The maximum absolute atomic E-state index is 12.7. The van der Waals surface area contributed by atoms with Crippen molar-refractivity contribution < 1.29 is 9.59 Å². The van der Waals surface area contributed by atoms with Gasteiger partial charge >= 0.3 is 0 Å². The van der Waals surface area contributed by atoms with Crippen molar-refractivity contribution in [2.24, 2.45) is 0 Å². The Bertz CT molecular complexity index is 1210. The first-order valence-corrected chi connectivity index (χ1v) is 8.41. The molecule has 0 atom stereocenters. The van der Waals surface area contributed by atoms with Gasteiger partial charge in [0.15, 0.2) is 0 Å². The number of nitrogens with two attached hydrogens (primary N) is 1. The number of nitrogens with zero attached hydrogens (tertiary/aromatic N) is 3. The minimum Gasteiger partial charge on any atom is -0.384 e. The molecule has 2 aromatic heterocycles. The number of carbonyl (C=O) groups excluding carboxylic acids is 2. The van der Waals surface area contributed by atoms with Crippen LogP contribution < -0.4 is 16.6 Å². The highest BCUT2D eigenvalue weighted by Crippen LogP contribution is 2.28. The summed E-state index contributed by atoms with van der Waals surface area (Å²) in [5, 5.41) is 7.09. The molecule has 4 rings (SSSR count). The number of aryl methyl sites for hydroxylation is 1. The summed E-state index contributed by atoms with van der Waals surface area (Å²) in [5.41, 5.74) is 7.88. The number of anilines is 1. The first-order chi connectivity index (χ1) is 12.8. The van der Waals surface area contributed by atoms with Gasteiger partial charge in [-0.25, -0.2) is 4.68 Å². The fourth-order valence-electron chi connectivity index (χ4n) is 3.22. The van der Waals surface area contributed by atoms with E-state index in [1.54, 1.807) is 42.8 Å². The fraction of sp³-hybridized carbons (Fsp3) is 0.111. The van der Waals surface area contributed by atoms with Crippen molar-refractivity contribution in [3.63, 3.8) is 0 Å². The molecule has 136 valence electrons. The maximum atomic E-state index is 12.7. The zero-order chi connectivity index (χ0) is 19.5. The molecule has 0 aliphatic carbocycles. The summed E-state index contributed by atoms with van der Waals surface area (Å²) in [6.07, 6.45) is 0. The van der Waals surface area contributed by atoms with E-state index in [-0.39, 0.29) is 16.9 Å². The second kappa shape index (κ2) is 5.82. The van der Waals surface area contributed by atoms with Gasteiger partial charge in [-0.3, -0.25) is 24.3 Å². The van der Waals surface area contributed by atoms with Gasteiger partial charge < -0.3 is 5.73 Å². The molecule has 1 aromatic carbocycles. The quantitative estimate of drug-likeness (QED) is 0.655. The van der Waals surface area contributed by atoms with Crippen LogP contribution in [-0.2, 0) is 0 Å². The third-order valence-corrected chi connectivity index (χ3v) is 5.05. The molecule has 0 radical (unpaired) electrons. The molecule has 0 fully saturated rings. The number of benzene rings is 1. The zero-order valence-corrected chi connectivity index (χ0v) is 15.2. The number of pyridine rings is 1. The molecule has 3 heterocycles. The number of amides is 2. The second-order valence-electron chi connectivity index (χ2n) is 6.16. The highest BCUT2D eigenvalue weighted by Gasteiger charge is 2.32. The van der Waals surface area contributed by atoms with E-state index in [9.17, 15) is 14.4 Å². The van der Waals surface area contributed by atoms with Gasteiger partial charge in [-0.2, -0.15) is 5.10 Å². The van der Waals surface area contributed by atoms with E-state index in [1.165, 1.54) is 4.57 Å². The van der Waals surface area contributed by atoms with E-state index in [4.69, 9.17) is 17.3 Å². The summed E-state index contributed by atoms with van der Waals surface area (Å²) in [4.78, 5) is 36.7. The van der Waals surface area contributed by atoms with Crippen molar-refractivity contribution >= 4 is 29.2 Å². The van der Waals surface area contributed by atoms with Crippen LogP contribution in [0.4, 0.5) is 5.82 Å². The molecule has 3 N–H and O–H groups in total. The number of fused-ring (bicyclic) bond motifs is 1. The van der Waals surface area contributed by atoms with Crippen LogP contribution in [0.2, 0.25) is 5.02 Å². The van der Waals surface area contributed by atoms with Crippen LogP contribution in [0, 0.1) is 13.8 Å². The fourth-order valence-corrected chi connectivity index (χ4v) is 3.34. The lowest BCUT2D eigenvalue weighted by Crippen LogP contribution is -2.25. The zero-order valence-electron chi connectivity index (χ0n) is 14.4. The molecule has 0 bridgehead atoms. The average Bonchev–Trinajstić information content (AvgIpc) is 3.05. The number of imide groups is 1. The van der Waals surface area contributed by atoms with Crippen molar-refractivity contribution in [3.8, 4) is 11.4 Å². The van der Waals surface area contributed by atoms with Gasteiger partial charge in [-0.1, -0.05) is 23.7 Å². The molecule has 1 aliphatic rings. The van der Waals surface area contributed by atoms with Gasteiger partial charge in [0, 0.05) is 6.07 Å². The van der Waals surface area contributed by atoms with Crippen LogP contribution in [0.25, 0.3) is 11.4 Å². The van der Waals surface area contributed by atoms with Crippen molar-refractivity contribution in [3.05, 3.63) is 68.2 Å². The van der Waals surface area contributed by atoms with E-state index in [0.717, 1.165) is 6.07 Å². The number of nitrogen functional groups attached to an aromatic ring is 1. The summed E-state index contributed by atoms with van der Waals surface area (Å²) in [6.45, 7) is 3.58. The van der Waals surface area contributed by atoms with Crippen molar-refractivity contribution in [2.45, 2.75) is 13.8 Å². The number of nitrogens with one attached hydrogen (secondary N) is 1. The topological polar surface area (TPSA) is 112 Å². The largest absolute Gasteiger partial charge is 0.384 e. The maximum Gasteiger partial charge on any atom is 0.262 e. The Labute approximate surface area is 158 Å². The molecular weight excluding hydrogens is 370 g/mol. The number of para-hydroxylation sites is 2. The Hall–Kier alpha value is -3.39. The molecule has 8 nitrogen and oxygen atoms in total. The molecule has 0 unspecified atom stereocenters. The Balaban J connectivity index is 2.04. The van der Waals surface area contributed by atoms with Crippen LogP contribution in [0.1, 0.15) is 32.1 Å². The summed E-state index contributed by atoms with van der Waals surface area (Å²) < 4.78 is 2.80. The van der Waals surface area contributed by atoms with E-state index in [0.29, 0.717) is 27.8 Å². The van der Waals surface area contributed by atoms with Crippen molar-refractivity contribution in [2.75, 3.05) is 5.73 Å². The van der Waals surface area contributed by atoms with Crippen LogP contribution in [-0.4, -0.2) is 26.2 Å². The van der Waals surface area contributed by atoms with Crippen LogP contribution in [0.5, 0.6) is 0 Å². The minimum atomic E-state index is -0.635. The number of halogens is 1. The van der Waals surface area contributed by atoms with E-state index >= 15 is 0 Å². The Morgan fingerprint density at radius 2 is 1.74 bits per heavy atom. The lowest BCUT2D eigenvalue weighted by Gasteiger charge is -2.16. The summed E-state index contributed by atoms with van der Waals surface area (Å²) >= 11 is 6.25. The SMILES string of the molecule is Cc1nn(-c2ccccc2-n2c(N)c3c(cc2=O)C(=O)NC3=O)c(C)c1Cl. The summed E-state index contributed by atoms with van der Waals surface area (Å²) in [7, 11) is 0. The van der Waals surface area contributed by atoms with Gasteiger partial charge in [0.25, 0.3) is 17.4 Å². The average molecular weight is 384 g/mol. The van der Waals surface area contributed by atoms with Crippen LogP contribution in [0.3, 0.4) is 0 Å². The van der Waals surface area contributed by atoms with Gasteiger partial charge in [0.2, 0.25) is 0 Å². The summed E-state index contributed by atoms with van der Waals surface area (Å²) in [5.74, 6) is -1.38. The summed E-state index contributed by atoms with van der Waals surface area (Å²) in [6, 6.07) is 8.06. The first-order valence-electron chi connectivity index (χ1n) is 8.04. The molecule has 3 aromatic rings. The highest BCUT2D eigenvalue weighted by molar-refractivity contribution is 6.31. The molecule has 27 heavy (non-hydrogen) atoms. The third kappa shape index (κ3) is 2.37. The Morgan fingerprint density at radius 1 is 1.07 bits per heavy atom. The Kier molecular flexibility index (Phi) is 3.67. The smallest absolute Gasteiger partial charge is 0.262 e. The lowest BCUT2D eigenvalue weighted by molar-refractivity contribution is 0.0880. The predicted octanol–water partition coefficient (Wildman–Crippen LogP) is 1.76. The second-order valence-corrected chi connectivity index (χ2v) is 6.54. The number of hydrogen-bond donors (Lipinski definition) is 2. The van der Waals surface area contributed by atoms with E-state index in [2.05, 4.69) is 10.4 Å². The number of rotatable bonds is 2. The van der Waals surface area contributed by atoms with Gasteiger partial charge in [0.1, 0.15) is 5.82 Å². The van der Waals surface area contributed by atoms with Gasteiger partial charge in [-0.15, -0.1) is 0 Å². The number of carbonyl (C=O) groups is 2. The van der Waals surface area contributed by atoms with Crippen LogP contribution in [0.15, 0.2) is 35.1 Å². The van der Waals surface area contributed by atoms with Crippen molar-refractivity contribution in [1.29, 1.82) is 0 Å². The molecule has 0 saturated carbocycles. The van der Waals surface area contributed by atoms with E-state index < -0.39 is 17.4 Å².